The van der Waals surface area contributed by atoms with Crippen LogP contribution in [0.5, 0.6) is 0 Å². The van der Waals surface area contributed by atoms with Crippen LogP contribution in [0, 0.1) is 11.8 Å². The van der Waals surface area contributed by atoms with Crippen LogP contribution in [0.3, 0.4) is 0 Å². The third kappa shape index (κ3) is 3.82. The molecule has 0 saturated heterocycles. The lowest BCUT2D eigenvalue weighted by Gasteiger charge is -2.34. The van der Waals surface area contributed by atoms with Crippen LogP contribution in [0.15, 0.2) is 12.5 Å². The van der Waals surface area contributed by atoms with Gasteiger partial charge < -0.3 is 9.88 Å². The Labute approximate surface area is 117 Å². The fraction of sp³-hybridized carbons (Fsp3) is 0.812. The van der Waals surface area contributed by atoms with Crippen LogP contribution in [0.1, 0.15) is 65.6 Å². The molecule has 1 aliphatic carbocycles. The highest BCUT2D eigenvalue weighted by molar-refractivity contribution is 5.02. The van der Waals surface area contributed by atoms with E-state index >= 15 is 0 Å². The molecule has 0 amide bonds. The van der Waals surface area contributed by atoms with E-state index < -0.39 is 0 Å². The molecule has 0 aromatic carbocycles. The predicted molar refractivity (Wildman–Crippen MR) is 80.0 cm³/mol. The van der Waals surface area contributed by atoms with Gasteiger partial charge in [0.1, 0.15) is 0 Å². The maximum absolute atomic E-state index is 4.37. The van der Waals surface area contributed by atoms with E-state index in [9.17, 15) is 0 Å². The minimum absolute atomic E-state index is 0.155. The molecule has 1 aromatic heterocycles. The molecule has 1 aliphatic rings. The summed E-state index contributed by atoms with van der Waals surface area (Å²) >= 11 is 0. The van der Waals surface area contributed by atoms with Gasteiger partial charge >= 0.3 is 0 Å². The third-order valence-corrected chi connectivity index (χ3v) is 4.29. The first kappa shape index (κ1) is 14.6. The van der Waals surface area contributed by atoms with E-state index in [4.69, 9.17) is 0 Å². The summed E-state index contributed by atoms with van der Waals surface area (Å²) in [6.45, 7) is 12.3. The first-order valence-electron chi connectivity index (χ1n) is 7.62. The second kappa shape index (κ2) is 5.66. The summed E-state index contributed by atoms with van der Waals surface area (Å²) in [4.78, 5) is 4.37. The average Bonchev–Trinajstić information content (AvgIpc) is 2.73. The maximum atomic E-state index is 4.37. The highest BCUT2D eigenvalue weighted by Gasteiger charge is 2.27. The van der Waals surface area contributed by atoms with Crippen LogP contribution < -0.4 is 5.32 Å². The molecular formula is C16H29N3. The zero-order valence-corrected chi connectivity index (χ0v) is 13.1. The average molecular weight is 263 g/mol. The summed E-state index contributed by atoms with van der Waals surface area (Å²) in [6.07, 6.45) is 8.02. The predicted octanol–water partition coefficient (Wildman–Crippen LogP) is 3.77. The molecule has 0 bridgehead atoms. The van der Waals surface area contributed by atoms with Gasteiger partial charge in [-0.2, -0.15) is 0 Å². The number of nitrogens with one attached hydrogen (secondary N) is 1. The largest absolute Gasteiger partial charge is 0.330 e. The maximum Gasteiger partial charge on any atom is 0.0951 e. The van der Waals surface area contributed by atoms with Crippen molar-refractivity contribution in [3.05, 3.63) is 18.2 Å². The van der Waals surface area contributed by atoms with E-state index in [1.54, 1.807) is 0 Å². The second-order valence-corrected chi connectivity index (χ2v) is 7.36. The molecule has 0 spiro atoms. The molecule has 3 heteroatoms. The van der Waals surface area contributed by atoms with E-state index in [1.165, 1.54) is 25.0 Å². The zero-order valence-electron chi connectivity index (χ0n) is 13.1. The monoisotopic (exact) mass is 263 g/mol. The summed E-state index contributed by atoms with van der Waals surface area (Å²) < 4.78 is 2.41. The van der Waals surface area contributed by atoms with Crippen molar-refractivity contribution in [1.29, 1.82) is 0 Å². The molecule has 0 radical (unpaired) electrons. The molecule has 108 valence electrons. The van der Waals surface area contributed by atoms with Gasteiger partial charge in [0.05, 0.1) is 12.0 Å². The van der Waals surface area contributed by atoms with Crippen molar-refractivity contribution in [2.24, 2.45) is 11.8 Å². The Hall–Kier alpha value is -0.830. The highest BCUT2D eigenvalue weighted by Crippen LogP contribution is 2.37. The van der Waals surface area contributed by atoms with Crippen LogP contribution in [0.4, 0.5) is 0 Å². The van der Waals surface area contributed by atoms with E-state index in [-0.39, 0.29) is 5.54 Å². The quantitative estimate of drug-likeness (QED) is 0.899. The minimum atomic E-state index is 0.155. The molecule has 1 saturated carbocycles. The number of hydrogen-bond acceptors (Lipinski definition) is 2. The number of hydrogen-bond donors (Lipinski definition) is 1. The first-order valence-corrected chi connectivity index (χ1v) is 7.62. The van der Waals surface area contributed by atoms with E-state index in [1.807, 2.05) is 12.5 Å². The molecule has 3 nitrogen and oxygen atoms in total. The fourth-order valence-electron chi connectivity index (χ4n) is 3.19. The normalized spacial score (nSPS) is 28.6. The molecule has 0 aliphatic heterocycles. The number of imidazole rings is 1. The lowest BCUT2D eigenvalue weighted by atomic mass is 9.79. The molecule has 1 aromatic rings. The molecule has 3 unspecified atom stereocenters. The van der Waals surface area contributed by atoms with E-state index in [0.717, 1.165) is 18.4 Å². The molecule has 19 heavy (non-hydrogen) atoms. The van der Waals surface area contributed by atoms with Gasteiger partial charge in [-0.25, -0.2) is 4.98 Å². The van der Waals surface area contributed by atoms with Crippen molar-refractivity contribution in [3.63, 3.8) is 0 Å². The Kier molecular flexibility index (Phi) is 4.34. The van der Waals surface area contributed by atoms with Crippen molar-refractivity contribution in [1.82, 2.24) is 14.9 Å². The van der Waals surface area contributed by atoms with Gasteiger partial charge in [-0.05, 0) is 51.9 Å². The van der Waals surface area contributed by atoms with Gasteiger partial charge in [-0.1, -0.05) is 13.8 Å². The van der Waals surface area contributed by atoms with Gasteiger partial charge in [0.2, 0.25) is 0 Å². The summed E-state index contributed by atoms with van der Waals surface area (Å²) in [6, 6.07) is 0.635. The second-order valence-electron chi connectivity index (χ2n) is 7.36. The Bertz CT molecular complexity index is 402. The Morgan fingerprint density at radius 3 is 2.68 bits per heavy atom. The Morgan fingerprint density at radius 2 is 2.05 bits per heavy atom. The molecule has 1 fully saturated rings. The SMILES string of the molecule is CC1CCC(n2cncc2CNC(C)(C)C)C(C)C1. The molecule has 3 atom stereocenters. The van der Waals surface area contributed by atoms with Gasteiger partial charge in [0.15, 0.2) is 0 Å². The fourth-order valence-corrected chi connectivity index (χ4v) is 3.19. The summed E-state index contributed by atoms with van der Waals surface area (Å²) in [5.74, 6) is 1.64. The lowest BCUT2D eigenvalue weighted by molar-refractivity contribution is 0.203. The van der Waals surface area contributed by atoms with Crippen molar-refractivity contribution in [2.45, 2.75) is 72.0 Å². The Balaban J connectivity index is 2.06. The van der Waals surface area contributed by atoms with Gasteiger partial charge in [-0.15, -0.1) is 0 Å². The van der Waals surface area contributed by atoms with Crippen LogP contribution in [-0.2, 0) is 6.54 Å². The van der Waals surface area contributed by atoms with Crippen LogP contribution in [0.2, 0.25) is 0 Å². The number of aromatic nitrogens is 2. The van der Waals surface area contributed by atoms with Crippen molar-refractivity contribution in [2.75, 3.05) is 0 Å². The van der Waals surface area contributed by atoms with Gasteiger partial charge in [-0.3, -0.25) is 0 Å². The standard InChI is InChI=1S/C16H29N3/c1-12-6-7-15(13(2)8-12)19-11-17-9-14(19)10-18-16(3,4)5/h9,11-13,15,18H,6-8,10H2,1-5H3. The molecule has 1 heterocycles. The number of rotatable bonds is 3. The van der Waals surface area contributed by atoms with Crippen molar-refractivity contribution >= 4 is 0 Å². The smallest absolute Gasteiger partial charge is 0.0951 e. The van der Waals surface area contributed by atoms with Crippen LogP contribution >= 0.6 is 0 Å². The van der Waals surface area contributed by atoms with Crippen LogP contribution in [0.25, 0.3) is 0 Å². The van der Waals surface area contributed by atoms with Gasteiger partial charge in [0, 0.05) is 24.3 Å². The summed E-state index contributed by atoms with van der Waals surface area (Å²) in [7, 11) is 0. The van der Waals surface area contributed by atoms with Gasteiger partial charge in [0.25, 0.3) is 0 Å². The topological polar surface area (TPSA) is 29.9 Å². The lowest BCUT2D eigenvalue weighted by Crippen LogP contribution is -2.36. The summed E-state index contributed by atoms with van der Waals surface area (Å²) in [5, 5.41) is 3.57. The molecular weight excluding hydrogens is 234 g/mol. The highest BCUT2D eigenvalue weighted by atomic mass is 15.1. The van der Waals surface area contributed by atoms with E-state index in [0.29, 0.717) is 6.04 Å². The van der Waals surface area contributed by atoms with Crippen LogP contribution in [-0.4, -0.2) is 15.1 Å². The van der Waals surface area contributed by atoms with E-state index in [2.05, 4.69) is 49.5 Å². The summed E-state index contributed by atoms with van der Waals surface area (Å²) in [5.41, 5.74) is 1.48. The van der Waals surface area contributed by atoms with Crippen molar-refractivity contribution in [3.8, 4) is 0 Å². The zero-order chi connectivity index (χ0) is 14.0. The molecule has 1 N–H and O–H groups in total. The first-order chi connectivity index (χ1) is 8.87. The third-order valence-electron chi connectivity index (χ3n) is 4.29. The van der Waals surface area contributed by atoms with Crippen molar-refractivity contribution < 1.29 is 0 Å². The minimum Gasteiger partial charge on any atom is -0.330 e. The Morgan fingerprint density at radius 1 is 1.32 bits per heavy atom. The molecule has 2 rings (SSSR count). The number of nitrogens with zero attached hydrogens (tertiary/aromatic N) is 2.